The molecule has 0 saturated carbocycles. The van der Waals surface area contributed by atoms with Gasteiger partial charge in [0.05, 0.1) is 13.2 Å². The summed E-state index contributed by atoms with van der Waals surface area (Å²) in [4.78, 5) is 12.0. The Balaban J connectivity index is 2.27. The fourth-order valence-electron chi connectivity index (χ4n) is 2.03. The van der Waals surface area contributed by atoms with Crippen LogP contribution in [-0.2, 0) is 6.61 Å². The van der Waals surface area contributed by atoms with E-state index in [1.807, 2.05) is 0 Å². The van der Waals surface area contributed by atoms with Crippen molar-refractivity contribution < 1.29 is 27.8 Å². The topological polar surface area (TPSA) is 58.6 Å². The lowest BCUT2D eigenvalue weighted by molar-refractivity contribution is 0.101. The van der Waals surface area contributed by atoms with Crippen LogP contribution in [0.5, 0.6) is 5.75 Å². The summed E-state index contributed by atoms with van der Waals surface area (Å²) in [6.45, 7) is 1.83. The third-order valence-corrected chi connectivity index (χ3v) is 3.02. The van der Waals surface area contributed by atoms with Gasteiger partial charge in [0.25, 0.3) is 5.91 Å². The van der Waals surface area contributed by atoms with Crippen molar-refractivity contribution in [2.24, 2.45) is 0 Å². The van der Waals surface area contributed by atoms with Crippen LogP contribution >= 0.6 is 0 Å². The number of aliphatic hydroxyl groups is 1. The van der Waals surface area contributed by atoms with Gasteiger partial charge in [0.1, 0.15) is 28.8 Å². The van der Waals surface area contributed by atoms with Gasteiger partial charge in [-0.1, -0.05) is 0 Å². The van der Waals surface area contributed by atoms with Crippen LogP contribution in [0, 0.1) is 17.5 Å². The number of halogens is 3. The molecule has 2 aromatic carbocycles. The molecule has 122 valence electrons. The minimum atomic E-state index is -1.30. The zero-order valence-corrected chi connectivity index (χ0v) is 12.2. The Morgan fingerprint density at radius 2 is 1.83 bits per heavy atom. The predicted molar refractivity (Wildman–Crippen MR) is 77.8 cm³/mol. The SMILES string of the molecule is CCOc1ccc(NC(=O)c2c(F)cc(F)cc2F)cc1CO. The van der Waals surface area contributed by atoms with E-state index >= 15 is 0 Å². The molecule has 0 heterocycles. The number of hydrogen-bond acceptors (Lipinski definition) is 3. The Hall–Kier alpha value is -2.54. The van der Waals surface area contributed by atoms with Gasteiger partial charge in [-0.15, -0.1) is 0 Å². The highest BCUT2D eigenvalue weighted by atomic mass is 19.1. The van der Waals surface area contributed by atoms with Gasteiger partial charge >= 0.3 is 0 Å². The van der Waals surface area contributed by atoms with Crippen molar-refractivity contribution in [2.45, 2.75) is 13.5 Å². The van der Waals surface area contributed by atoms with Crippen molar-refractivity contribution in [2.75, 3.05) is 11.9 Å². The minimum absolute atomic E-state index is 0.214. The molecular formula is C16H14F3NO3. The van der Waals surface area contributed by atoms with Crippen molar-refractivity contribution in [1.29, 1.82) is 0 Å². The molecule has 0 spiro atoms. The van der Waals surface area contributed by atoms with Gasteiger partial charge in [0.15, 0.2) is 0 Å². The number of benzene rings is 2. The number of hydrogen-bond donors (Lipinski definition) is 2. The fraction of sp³-hybridized carbons (Fsp3) is 0.188. The number of nitrogens with one attached hydrogen (secondary N) is 1. The number of ether oxygens (including phenoxy) is 1. The first-order chi connectivity index (χ1) is 11.0. The second kappa shape index (κ2) is 7.15. The number of aliphatic hydroxyl groups excluding tert-OH is 1. The molecule has 2 aromatic rings. The number of rotatable bonds is 5. The monoisotopic (exact) mass is 325 g/mol. The average molecular weight is 325 g/mol. The van der Waals surface area contributed by atoms with Crippen molar-refractivity contribution in [3.8, 4) is 5.75 Å². The van der Waals surface area contributed by atoms with Gasteiger partial charge in [-0.3, -0.25) is 4.79 Å². The molecule has 4 nitrogen and oxygen atoms in total. The van der Waals surface area contributed by atoms with Crippen molar-refractivity contribution >= 4 is 11.6 Å². The van der Waals surface area contributed by atoms with Crippen molar-refractivity contribution in [3.05, 3.63) is 58.9 Å². The smallest absolute Gasteiger partial charge is 0.261 e. The Bertz CT molecular complexity index is 712. The summed E-state index contributed by atoms with van der Waals surface area (Å²) in [5, 5.41) is 11.6. The molecule has 23 heavy (non-hydrogen) atoms. The van der Waals surface area contributed by atoms with Crippen LogP contribution < -0.4 is 10.1 Å². The van der Waals surface area contributed by atoms with E-state index in [1.54, 1.807) is 6.92 Å². The zero-order valence-electron chi connectivity index (χ0n) is 12.2. The maximum absolute atomic E-state index is 13.6. The van der Waals surface area contributed by atoms with Gasteiger partial charge in [-0.05, 0) is 25.1 Å². The van der Waals surface area contributed by atoms with Crippen LogP contribution in [0.15, 0.2) is 30.3 Å². The molecule has 0 bridgehead atoms. The summed E-state index contributed by atoms with van der Waals surface area (Å²) in [6.07, 6.45) is 0. The van der Waals surface area contributed by atoms with Gasteiger partial charge in [-0.2, -0.15) is 0 Å². The summed E-state index contributed by atoms with van der Waals surface area (Å²) >= 11 is 0. The highest BCUT2D eigenvalue weighted by molar-refractivity contribution is 6.04. The molecule has 0 aliphatic heterocycles. The van der Waals surface area contributed by atoms with Crippen LogP contribution in [-0.4, -0.2) is 17.6 Å². The standard InChI is InChI=1S/C16H14F3NO3/c1-2-23-14-4-3-11(5-9(14)8-21)20-16(22)15-12(18)6-10(17)7-13(15)19/h3-7,21H,2,8H2,1H3,(H,20,22). The second-order valence-electron chi connectivity index (χ2n) is 4.61. The molecule has 7 heteroatoms. The number of anilines is 1. The highest BCUT2D eigenvalue weighted by Gasteiger charge is 2.19. The van der Waals surface area contributed by atoms with Crippen LogP contribution in [0.4, 0.5) is 18.9 Å². The predicted octanol–water partition coefficient (Wildman–Crippen LogP) is 3.25. The normalized spacial score (nSPS) is 10.5. The van der Waals surface area contributed by atoms with E-state index in [4.69, 9.17) is 4.74 Å². The average Bonchev–Trinajstić information content (AvgIpc) is 2.47. The molecular weight excluding hydrogens is 311 g/mol. The molecule has 0 radical (unpaired) electrons. The van der Waals surface area contributed by atoms with Crippen LogP contribution in [0.2, 0.25) is 0 Å². The summed E-state index contributed by atoms with van der Waals surface area (Å²) in [5.41, 5.74) is -0.263. The first-order valence-electron chi connectivity index (χ1n) is 6.78. The Morgan fingerprint density at radius 1 is 1.17 bits per heavy atom. The Morgan fingerprint density at radius 3 is 2.39 bits per heavy atom. The lowest BCUT2D eigenvalue weighted by Crippen LogP contribution is -2.16. The summed E-state index contributed by atoms with van der Waals surface area (Å²) in [5.74, 6) is -4.33. The Kier molecular flexibility index (Phi) is 5.23. The summed E-state index contributed by atoms with van der Waals surface area (Å²) in [6, 6.07) is 5.25. The lowest BCUT2D eigenvalue weighted by atomic mass is 10.1. The number of amides is 1. The maximum Gasteiger partial charge on any atom is 0.261 e. The van der Waals surface area contributed by atoms with Gasteiger partial charge < -0.3 is 15.2 Å². The first kappa shape index (κ1) is 16.8. The van der Waals surface area contributed by atoms with E-state index < -0.39 is 28.9 Å². The quantitative estimate of drug-likeness (QED) is 0.887. The molecule has 2 N–H and O–H groups in total. The summed E-state index contributed by atoms with van der Waals surface area (Å²) in [7, 11) is 0. The van der Waals surface area contributed by atoms with Crippen molar-refractivity contribution in [3.63, 3.8) is 0 Å². The molecule has 0 fully saturated rings. The Labute approximate surface area is 130 Å². The van der Waals surface area contributed by atoms with E-state index in [2.05, 4.69) is 5.32 Å². The van der Waals surface area contributed by atoms with E-state index in [-0.39, 0.29) is 12.3 Å². The second-order valence-corrected chi connectivity index (χ2v) is 4.61. The molecule has 0 atom stereocenters. The molecule has 0 unspecified atom stereocenters. The fourth-order valence-corrected chi connectivity index (χ4v) is 2.03. The molecule has 0 aromatic heterocycles. The minimum Gasteiger partial charge on any atom is -0.494 e. The first-order valence-corrected chi connectivity index (χ1v) is 6.78. The van der Waals surface area contributed by atoms with E-state index in [9.17, 15) is 23.1 Å². The van der Waals surface area contributed by atoms with Crippen molar-refractivity contribution in [1.82, 2.24) is 0 Å². The number of carbonyl (C=O) groups excluding carboxylic acids is 1. The van der Waals surface area contributed by atoms with E-state index in [0.717, 1.165) is 0 Å². The molecule has 0 aliphatic rings. The van der Waals surface area contributed by atoms with Crippen LogP contribution in [0.1, 0.15) is 22.8 Å². The maximum atomic E-state index is 13.6. The van der Waals surface area contributed by atoms with Crippen LogP contribution in [0.3, 0.4) is 0 Å². The summed E-state index contributed by atoms with van der Waals surface area (Å²) < 4.78 is 45.3. The third kappa shape index (κ3) is 3.81. The van der Waals surface area contributed by atoms with E-state index in [0.29, 0.717) is 30.1 Å². The molecule has 0 aliphatic carbocycles. The molecule has 0 saturated heterocycles. The largest absolute Gasteiger partial charge is 0.494 e. The van der Waals surface area contributed by atoms with Crippen LogP contribution in [0.25, 0.3) is 0 Å². The van der Waals surface area contributed by atoms with Gasteiger partial charge in [0.2, 0.25) is 0 Å². The highest BCUT2D eigenvalue weighted by Crippen LogP contribution is 2.24. The molecule has 2 rings (SSSR count). The zero-order chi connectivity index (χ0) is 17.0. The molecule has 1 amide bonds. The van der Waals surface area contributed by atoms with Gasteiger partial charge in [0, 0.05) is 23.4 Å². The van der Waals surface area contributed by atoms with E-state index in [1.165, 1.54) is 18.2 Å². The third-order valence-electron chi connectivity index (χ3n) is 3.02. The lowest BCUT2D eigenvalue weighted by Gasteiger charge is -2.12. The number of carbonyl (C=O) groups is 1. The van der Waals surface area contributed by atoms with Gasteiger partial charge in [-0.25, -0.2) is 13.2 Å².